The van der Waals surface area contributed by atoms with E-state index in [-0.39, 0.29) is 5.91 Å². The average Bonchev–Trinajstić information content (AvgIpc) is 3.35. The largest absolute Gasteiger partial charge is 0.497 e. The summed E-state index contributed by atoms with van der Waals surface area (Å²) in [6.45, 7) is 6.95. The molecular weight excluding hydrogens is 464 g/mol. The lowest BCUT2D eigenvalue weighted by Crippen LogP contribution is -2.48. The number of ether oxygens (including phenoxy) is 2. The predicted octanol–water partition coefficient (Wildman–Crippen LogP) is 6.18. The number of nitrogens with zero attached hydrogens (tertiary/aromatic N) is 2. The molecule has 1 aliphatic rings. The molecule has 0 atom stereocenters. The van der Waals surface area contributed by atoms with Gasteiger partial charge in [0.2, 0.25) is 5.91 Å². The van der Waals surface area contributed by atoms with E-state index in [1.165, 1.54) is 5.56 Å². The van der Waals surface area contributed by atoms with Crippen LogP contribution in [0, 0.1) is 6.92 Å². The maximum absolute atomic E-state index is 13.2. The van der Waals surface area contributed by atoms with Crippen LogP contribution < -0.4 is 14.4 Å². The molecule has 4 aromatic rings. The topological polar surface area (TPSA) is 55.2 Å². The first-order valence-electron chi connectivity index (χ1n) is 12.5. The standard InChI is InChI=1S/C31H32N2O4/c1-21-5-7-23(8-6-21)28-20-37-30-19-29(36-4)26(18-27(28)30)22(2)17-31(34)33-15-13-32(14-16-33)24-9-11-25(35-3)12-10-24/h5-12,17-20H,13-16H2,1-4H3/b22-17+. The van der Waals surface area contributed by atoms with Gasteiger partial charge >= 0.3 is 0 Å². The molecule has 0 saturated carbocycles. The third-order valence-corrected chi connectivity index (χ3v) is 7.05. The number of allylic oxidation sites excluding steroid dienone is 1. The van der Waals surface area contributed by atoms with Crippen LogP contribution in [0.4, 0.5) is 5.69 Å². The van der Waals surface area contributed by atoms with Crippen LogP contribution in [0.15, 0.2) is 77.4 Å². The van der Waals surface area contributed by atoms with Crippen molar-refractivity contribution >= 4 is 28.1 Å². The molecular formula is C31H32N2O4. The van der Waals surface area contributed by atoms with Gasteiger partial charge in [0.1, 0.15) is 17.1 Å². The maximum Gasteiger partial charge on any atom is 0.246 e. The monoisotopic (exact) mass is 496 g/mol. The molecule has 3 aromatic carbocycles. The van der Waals surface area contributed by atoms with E-state index < -0.39 is 0 Å². The van der Waals surface area contributed by atoms with Gasteiger partial charge in [-0.05, 0) is 55.3 Å². The molecule has 0 radical (unpaired) electrons. The Morgan fingerprint density at radius 2 is 1.62 bits per heavy atom. The number of piperazine rings is 1. The summed E-state index contributed by atoms with van der Waals surface area (Å²) in [6.07, 6.45) is 3.50. The van der Waals surface area contributed by atoms with Gasteiger partial charge in [0.25, 0.3) is 0 Å². The minimum atomic E-state index is 0.0139. The van der Waals surface area contributed by atoms with Crippen LogP contribution in [0.1, 0.15) is 18.1 Å². The number of rotatable bonds is 6. The Balaban J connectivity index is 1.35. The smallest absolute Gasteiger partial charge is 0.246 e. The van der Waals surface area contributed by atoms with Gasteiger partial charge in [0, 0.05) is 60.5 Å². The van der Waals surface area contributed by atoms with Gasteiger partial charge in [-0.2, -0.15) is 0 Å². The van der Waals surface area contributed by atoms with Crippen molar-refractivity contribution in [3.05, 3.63) is 84.1 Å². The lowest BCUT2D eigenvalue weighted by Gasteiger charge is -2.35. The molecule has 1 fully saturated rings. The maximum atomic E-state index is 13.2. The predicted molar refractivity (Wildman–Crippen MR) is 148 cm³/mol. The molecule has 37 heavy (non-hydrogen) atoms. The zero-order chi connectivity index (χ0) is 25.9. The Morgan fingerprint density at radius 3 is 2.27 bits per heavy atom. The number of furan rings is 1. The molecule has 2 heterocycles. The van der Waals surface area contributed by atoms with Crippen LogP contribution in [-0.4, -0.2) is 51.2 Å². The number of methoxy groups -OCH3 is 2. The summed E-state index contributed by atoms with van der Waals surface area (Å²) in [5, 5.41) is 0.993. The number of hydrogen-bond donors (Lipinski definition) is 0. The number of hydrogen-bond acceptors (Lipinski definition) is 5. The first-order valence-corrected chi connectivity index (χ1v) is 12.5. The number of fused-ring (bicyclic) bond motifs is 1. The fraction of sp³-hybridized carbons (Fsp3) is 0.258. The van der Waals surface area contributed by atoms with Crippen molar-refractivity contribution in [1.29, 1.82) is 0 Å². The van der Waals surface area contributed by atoms with Crippen molar-refractivity contribution in [1.82, 2.24) is 4.90 Å². The first-order chi connectivity index (χ1) is 18.0. The highest BCUT2D eigenvalue weighted by molar-refractivity contribution is 6.00. The van der Waals surface area contributed by atoms with E-state index in [1.807, 2.05) is 30.0 Å². The second-order valence-corrected chi connectivity index (χ2v) is 9.40. The van der Waals surface area contributed by atoms with Crippen LogP contribution in [0.2, 0.25) is 0 Å². The zero-order valence-electron chi connectivity index (χ0n) is 21.8. The highest BCUT2D eigenvalue weighted by Gasteiger charge is 2.21. The van der Waals surface area contributed by atoms with E-state index >= 15 is 0 Å². The molecule has 0 bridgehead atoms. The molecule has 0 aliphatic carbocycles. The Kier molecular flexibility index (Phi) is 6.91. The van der Waals surface area contributed by atoms with E-state index in [4.69, 9.17) is 13.9 Å². The molecule has 6 nitrogen and oxygen atoms in total. The summed E-state index contributed by atoms with van der Waals surface area (Å²) >= 11 is 0. The highest BCUT2D eigenvalue weighted by atomic mass is 16.5. The third-order valence-electron chi connectivity index (χ3n) is 7.05. The average molecular weight is 497 g/mol. The Bertz CT molecular complexity index is 1430. The molecule has 5 rings (SSSR count). The lowest BCUT2D eigenvalue weighted by molar-refractivity contribution is -0.126. The molecule has 0 spiro atoms. The molecule has 0 N–H and O–H groups in total. The molecule has 190 valence electrons. The van der Waals surface area contributed by atoms with Crippen LogP contribution >= 0.6 is 0 Å². The van der Waals surface area contributed by atoms with Crippen molar-refractivity contribution in [2.45, 2.75) is 13.8 Å². The van der Waals surface area contributed by atoms with Gasteiger partial charge in [-0.3, -0.25) is 4.79 Å². The lowest BCUT2D eigenvalue weighted by atomic mass is 9.98. The summed E-state index contributed by atoms with van der Waals surface area (Å²) < 4.78 is 16.8. The zero-order valence-corrected chi connectivity index (χ0v) is 21.8. The van der Waals surface area contributed by atoms with Gasteiger partial charge in [0.15, 0.2) is 0 Å². The highest BCUT2D eigenvalue weighted by Crippen LogP contribution is 2.37. The van der Waals surface area contributed by atoms with Gasteiger partial charge in [-0.1, -0.05) is 29.8 Å². The molecule has 1 amide bonds. The van der Waals surface area contributed by atoms with Crippen LogP contribution in [0.3, 0.4) is 0 Å². The Labute approximate surface area is 217 Å². The fourth-order valence-electron chi connectivity index (χ4n) is 4.82. The molecule has 1 saturated heterocycles. The fourth-order valence-corrected chi connectivity index (χ4v) is 4.82. The molecule has 0 unspecified atom stereocenters. The van der Waals surface area contributed by atoms with Crippen LogP contribution in [-0.2, 0) is 4.79 Å². The number of amides is 1. The number of aryl methyl sites for hydroxylation is 1. The number of benzene rings is 3. The van der Waals surface area contributed by atoms with Crippen molar-refractivity contribution in [3.63, 3.8) is 0 Å². The minimum Gasteiger partial charge on any atom is -0.497 e. The van der Waals surface area contributed by atoms with E-state index in [9.17, 15) is 4.79 Å². The Morgan fingerprint density at radius 1 is 0.919 bits per heavy atom. The van der Waals surface area contributed by atoms with Crippen molar-refractivity contribution in [3.8, 4) is 22.6 Å². The van der Waals surface area contributed by atoms with Gasteiger partial charge < -0.3 is 23.7 Å². The summed E-state index contributed by atoms with van der Waals surface area (Å²) in [5.41, 5.74) is 6.96. The van der Waals surface area contributed by atoms with Crippen LogP contribution in [0.5, 0.6) is 11.5 Å². The van der Waals surface area contributed by atoms with Crippen molar-refractivity contribution in [2.75, 3.05) is 45.3 Å². The normalized spacial score (nSPS) is 14.2. The van der Waals surface area contributed by atoms with E-state index in [1.54, 1.807) is 26.6 Å². The SMILES string of the molecule is COc1ccc(N2CCN(C(=O)/C=C(\C)c3cc4c(-c5ccc(C)cc5)coc4cc3OC)CC2)cc1. The van der Waals surface area contributed by atoms with Gasteiger partial charge in [0.05, 0.1) is 20.5 Å². The Hall–Kier alpha value is -4.19. The summed E-state index contributed by atoms with van der Waals surface area (Å²) in [6, 6.07) is 20.4. The van der Waals surface area contributed by atoms with E-state index in [0.717, 1.165) is 57.8 Å². The quantitative estimate of drug-likeness (QED) is 0.299. The van der Waals surface area contributed by atoms with Crippen molar-refractivity contribution in [2.24, 2.45) is 0 Å². The summed E-state index contributed by atoms with van der Waals surface area (Å²) in [4.78, 5) is 17.4. The summed E-state index contributed by atoms with van der Waals surface area (Å²) in [5.74, 6) is 1.54. The molecule has 1 aliphatic heterocycles. The minimum absolute atomic E-state index is 0.0139. The van der Waals surface area contributed by atoms with E-state index in [0.29, 0.717) is 18.8 Å². The van der Waals surface area contributed by atoms with Gasteiger partial charge in [-0.25, -0.2) is 0 Å². The molecule has 6 heteroatoms. The second kappa shape index (κ2) is 10.4. The number of anilines is 1. The number of carbonyl (C=O) groups excluding carboxylic acids is 1. The summed E-state index contributed by atoms with van der Waals surface area (Å²) in [7, 11) is 3.31. The molecule has 1 aromatic heterocycles. The number of carbonyl (C=O) groups is 1. The van der Waals surface area contributed by atoms with Crippen LogP contribution in [0.25, 0.3) is 27.7 Å². The van der Waals surface area contributed by atoms with E-state index in [2.05, 4.69) is 54.3 Å². The van der Waals surface area contributed by atoms with Gasteiger partial charge in [-0.15, -0.1) is 0 Å². The van der Waals surface area contributed by atoms with Crippen molar-refractivity contribution < 1.29 is 18.7 Å². The third kappa shape index (κ3) is 5.05. The first kappa shape index (κ1) is 24.5. The second-order valence-electron chi connectivity index (χ2n) is 9.40.